The predicted molar refractivity (Wildman–Crippen MR) is 67.9 cm³/mol. The van der Waals surface area contributed by atoms with Crippen molar-refractivity contribution in [3.05, 3.63) is 54.0 Å². The van der Waals surface area contributed by atoms with Crippen molar-refractivity contribution in [2.45, 2.75) is 13.8 Å². The van der Waals surface area contributed by atoms with E-state index in [0.717, 1.165) is 11.2 Å². The minimum Gasteiger partial charge on any atom is -0.236 e. The molecule has 0 aliphatic rings. The summed E-state index contributed by atoms with van der Waals surface area (Å²) >= 11 is 0. The summed E-state index contributed by atoms with van der Waals surface area (Å²) in [5, 5.41) is 4.31. The summed E-state index contributed by atoms with van der Waals surface area (Å²) in [7, 11) is 0. The average molecular weight is 223 g/mol. The van der Waals surface area contributed by atoms with Crippen LogP contribution in [0.3, 0.4) is 0 Å². The molecule has 3 rings (SSSR count). The maximum absolute atomic E-state index is 4.38. The lowest BCUT2D eigenvalue weighted by Gasteiger charge is -2.03. The predicted octanol–water partition coefficient (Wildman–Crippen LogP) is 3.01. The van der Waals surface area contributed by atoms with Crippen LogP contribution in [0.5, 0.6) is 0 Å². The van der Waals surface area contributed by atoms with Gasteiger partial charge >= 0.3 is 0 Å². The highest BCUT2D eigenvalue weighted by atomic mass is 15.2. The van der Waals surface area contributed by atoms with Gasteiger partial charge in [0, 0.05) is 18.0 Å². The molecule has 0 spiro atoms. The summed E-state index contributed by atoms with van der Waals surface area (Å²) < 4.78 is 1.80. The van der Waals surface area contributed by atoms with Gasteiger partial charge in [-0.15, -0.1) is 0 Å². The Kier molecular flexibility index (Phi) is 2.18. The summed E-state index contributed by atoms with van der Waals surface area (Å²) in [5.41, 5.74) is 5.68. The van der Waals surface area contributed by atoms with Gasteiger partial charge in [-0.05, 0) is 25.5 Å². The van der Waals surface area contributed by atoms with Gasteiger partial charge in [0.25, 0.3) is 0 Å². The molecule has 3 nitrogen and oxygen atoms in total. The van der Waals surface area contributed by atoms with Crippen LogP contribution in [0.4, 0.5) is 0 Å². The molecule has 0 aliphatic heterocycles. The first-order valence-electron chi connectivity index (χ1n) is 5.61. The molecule has 0 aliphatic carbocycles. The molecule has 1 aromatic carbocycles. The fraction of sp³-hybridized carbons (Fsp3) is 0.143. The Hall–Kier alpha value is -2.16. The van der Waals surface area contributed by atoms with Crippen LogP contribution in [0, 0.1) is 13.8 Å². The zero-order valence-electron chi connectivity index (χ0n) is 9.88. The minimum atomic E-state index is 0.900. The van der Waals surface area contributed by atoms with Gasteiger partial charge in [-0.3, -0.25) is 0 Å². The van der Waals surface area contributed by atoms with Crippen molar-refractivity contribution < 1.29 is 0 Å². The van der Waals surface area contributed by atoms with Crippen LogP contribution in [-0.4, -0.2) is 14.6 Å². The van der Waals surface area contributed by atoms with Gasteiger partial charge < -0.3 is 0 Å². The standard InChI is InChI=1S/C14H13N3/c1-10-6-11(2)8-12(7-10)13-9-16-17-5-3-4-15-14(13)17/h3-9H,1-2H3. The van der Waals surface area contributed by atoms with Gasteiger partial charge in [-0.2, -0.15) is 5.10 Å². The van der Waals surface area contributed by atoms with Crippen molar-refractivity contribution in [1.29, 1.82) is 0 Å². The maximum Gasteiger partial charge on any atom is 0.162 e. The lowest BCUT2D eigenvalue weighted by molar-refractivity contribution is 0.939. The summed E-state index contributed by atoms with van der Waals surface area (Å²) in [6.07, 6.45) is 5.58. The molecule has 2 aromatic heterocycles. The van der Waals surface area contributed by atoms with Crippen molar-refractivity contribution in [2.24, 2.45) is 0 Å². The van der Waals surface area contributed by atoms with Gasteiger partial charge in [0.1, 0.15) is 0 Å². The Balaban J connectivity index is 2.27. The van der Waals surface area contributed by atoms with Crippen molar-refractivity contribution >= 4 is 5.65 Å². The van der Waals surface area contributed by atoms with Gasteiger partial charge in [0.05, 0.1) is 6.20 Å². The molecule has 0 unspecified atom stereocenters. The first-order valence-corrected chi connectivity index (χ1v) is 5.61. The Morgan fingerprint density at radius 1 is 1.06 bits per heavy atom. The van der Waals surface area contributed by atoms with E-state index in [-0.39, 0.29) is 0 Å². The molecule has 17 heavy (non-hydrogen) atoms. The number of hydrogen-bond donors (Lipinski definition) is 0. The third-order valence-electron chi connectivity index (χ3n) is 2.81. The molecule has 0 atom stereocenters. The van der Waals surface area contributed by atoms with E-state index >= 15 is 0 Å². The van der Waals surface area contributed by atoms with Gasteiger partial charge in [-0.1, -0.05) is 29.3 Å². The molecular formula is C14H13N3. The van der Waals surface area contributed by atoms with Crippen LogP contribution in [0.15, 0.2) is 42.9 Å². The van der Waals surface area contributed by atoms with Gasteiger partial charge in [-0.25, -0.2) is 9.50 Å². The molecule has 84 valence electrons. The average Bonchev–Trinajstić information content (AvgIpc) is 2.71. The van der Waals surface area contributed by atoms with E-state index < -0.39 is 0 Å². The van der Waals surface area contributed by atoms with Crippen molar-refractivity contribution in [2.75, 3.05) is 0 Å². The van der Waals surface area contributed by atoms with Crippen LogP contribution in [0.1, 0.15) is 11.1 Å². The van der Waals surface area contributed by atoms with Gasteiger partial charge in [0.15, 0.2) is 5.65 Å². The molecule has 3 heteroatoms. The number of hydrogen-bond acceptors (Lipinski definition) is 2. The van der Waals surface area contributed by atoms with E-state index in [9.17, 15) is 0 Å². The highest BCUT2D eigenvalue weighted by Crippen LogP contribution is 2.24. The lowest BCUT2D eigenvalue weighted by atomic mass is 10.0. The van der Waals surface area contributed by atoms with Crippen LogP contribution in [-0.2, 0) is 0 Å². The molecule has 0 N–H and O–H groups in total. The lowest BCUT2D eigenvalue weighted by Crippen LogP contribution is -1.88. The zero-order valence-corrected chi connectivity index (χ0v) is 9.88. The van der Waals surface area contributed by atoms with Crippen molar-refractivity contribution in [1.82, 2.24) is 14.6 Å². The number of benzene rings is 1. The fourth-order valence-electron chi connectivity index (χ4n) is 2.16. The third-order valence-corrected chi connectivity index (χ3v) is 2.81. The quantitative estimate of drug-likeness (QED) is 0.634. The topological polar surface area (TPSA) is 30.2 Å². The summed E-state index contributed by atoms with van der Waals surface area (Å²) in [6.45, 7) is 4.21. The van der Waals surface area contributed by atoms with Crippen molar-refractivity contribution in [3.63, 3.8) is 0 Å². The molecule has 0 saturated carbocycles. The molecular weight excluding hydrogens is 210 g/mol. The zero-order chi connectivity index (χ0) is 11.8. The SMILES string of the molecule is Cc1cc(C)cc(-c2cnn3cccnc23)c1. The maximum atomic E-state index is 4.38. The van der Waals surface area contributed by atoms with Crippen LogP contribution >= 0.6 is 0 Å². The van der Waals surface area contributed by atoms with E-state index in [1.54, 1.807) is 10.7 Å². The first kappa shape index (κ1) is 10.0. The molecule has 2 heterocycles. The highest BCUT2D eigenvalue weighted by molar-refractivity contribution is 5.77. The normalized spacial score (nSPS) is 10.9. The van der Waals surface area contributed by atoms with Crippen LogP contribution < -0.4 is 0 Å². The molecule has 0 saturated heterocycles. The Labute approximate surface area is 99.7 Å². The van der Waals surface area contributed by atoms with E-state index in [1.165, 1.54) is 16.7 Å². The van der Waals surface area contributed by atoms with E-state index in [1.807, 2.05) is 18.5 Å². The molecule has 0 amide bonds. The fourth-order valence-corrected chi connectivity index (χ4v) is 2.16. The Bertz CT molecular complexity index is 663. The largest absolute Gasteiger partial charge is 0.236 e. The van der Waals surface area contributed by atoms with Gasteiger partial charge in [0.2, 0.25) is 0 Å². The smallest absolute Gasteiger partial charge is 0.162 e. The van der Waals surface area contributed by atoms with Crippen LogP contribution in [0.2, 0.25) is 0 Å². The van der Waals surface area contributed by atoms with E-state index in [2.05, 4.69) is 42.1 Å². The number of aryl methyl sites for hydroxylation is 2. The van der Waals surface area contributed by atoms with Crippen molar-refractivity contribution in [3.8, 4) is 11.1 Å². The second-order valence-electron chi connectivity index (χ2n) is 4.32. The van der Waals surface area contributed by atoms with E-state index in [4.69, 9.17) is 0 Å². The Morgan fingerprint density at radius 2 is 1.82 bits per heavy atom. The minimum absolute atomic E-state index is 0.900. The summed E-state index contributed by atoms with van der Waals surface area (Å²) in [5.74, 6) is 0. The van der Waals surface area contributed by atoms with Crippen LogP contribution in [0.25, 0.3) is 16.8 Å². The third kappa shape index (κ3) is 1.69. The Morgan fingerprint density at radius 3 is 2.59 bits per heavy atom. The molecule has 0 bridgehead atoms. The number of aromatic nitrogens is 3. The second kappa shape index (κ2) is 3.70. The summed E-state index contributed by atoms with van der Waals surface area (Å²) in [6, 6.07) is 8.38. The summed E-state index contributed by atoms with van der Waals surface area (Å²) in [4.78, 5) is 4.38. The number of fused-ring (bicyclic) bond motifs is 1. The molecule has 0 fully saturated rings. The second-order valence-corrected chi connectivity index (χ2v) is 4.32. The van der Waals surface area contributed by atoms with E-state index in [0.29, 0.717) is 0 Å². The number of nitrogens with zero attached hydrogens (tertiary/aromatic N) is 3. The highest BCUT2D eigenvalue weighted by Gasteiger charge is 2.07. The molecule has 3 aromatic rings. The number of rotatable bonds is 1. The monoisotopic (exact) mass is 223 g/mol. The molecule has 0 radical (unpaired) electrons. The first-order chi connectivity index (χ1) is 8.24.